The zero-order valence-electron chi connectivity index (χ0n) is 22.8. The van der Waals surface area contributed by atoms with E-state index in [1.807, 2.05) is 30.3 Å². The van der Waals surface area contributed by atoms with Gasteiger partial charge in [0, 0.05) is 7.11 Å². The second-order valence-corrected chi connectivity index (χ2v) is 8.79. The molecule has 3 aromatic rings. The number of unbranched alkanes of at least 4 members (excludes halogenated alkanes) is 4. The largest absolute Gasteiger partial charge is 0.493 e. The number of carbonyl (C=O) groups is 1. The molecule has 0 spiro atoms. The fourth-order valence-corrected chi connectivity index (χ4v) is 3.58. The normalized spacial score (nSPS) is 11.0. The van der Waals surface area contributed by atoms with Gasteiger partial charge in [0.2, 0.25) is 0 Å². The van der Waals surface area contributed by atoms with Gasteiger partial charge in [-0.1, -0.05) is 44.7 Å². The summed E-state index contributed by atoms with van der Waals surface area (Å²) in [7, 11) is 1.64. The molecule has 3 aromatic carbocycles. The van der Waals surface area contributed by atoms with Crippen molar-refractivity contribution in [2.45, 2.75) is 39.0 Å². The monoisotopic (exact) mass is 534 g/mol. The van der Waals surface area contributed by atoms with Crippen molar-refractivity contribution in [2.24, 2.45) is 10.2 Å². The van der Waals surface area contributed by atoms with E-state index < -0.39 is 5.97 Å². The molecule has 0 saturated carbocycles. The number of rotatable bonds is 18. The van der Waals surface area contributed by atoms with E-state index in [0.717, 1.165) is 18.6 Å². The van der Waals surface area contributed by atoms with Crippen LogP contribution >= 0.6 is 0 Å². The molecule has 0 saturated heterocycles. The predicted molar refractivity (Wildman–Crippen MR) is 151 cm³/mol. The highest BCUT2D eigenvalue weighted by molar-refractivity contribution is 5.94. The average Bonchev–Trinajstić information content (AvgIpc) is 2.97. The Bertz CT molecular complexity index is 1130. The molecule has 8 heteroatoms. The van der Waals surface area contributed by atoms with Crippen molar-refractivity contribution in [1.29, 1.82) is 0 Å². The Morgan fingerprint density at radius 2 is 1.31 bits per heavy atom. The summed E-state index contributed by atoms with van der Waals surface area (Å²) < 4.78 is 27.4. The van der Waals surface area contributed by atoms with Crippen LogP contribution in [-0.4, -0.2) is 46.1 Å². The predicted octanol–water partition coefficient (Wildman–Crippen LogP) is 7.71. The van der Waals surface area contributed by atoms with Gasteiger partial charge in [0.1, 0.15) is 29.4 Å². The molecule has 0 aliphatic carbocycles. The number of hydrogen-bond acceptors (Lipinski definition) is 8. The van der Waals surface area contributed by atoms with Crippen molar-refractivity contribution < 1.29 is 28.5 Å². The van der Waals surface area contributed by atoms with Gasteiger partial charge in [-0.05, 0) is 67.1 Å². The lowest BCUT2D eigenvalue weighted by Gasteiger charge is -2.11. The first-order chi connectivity index (χ1) is 19.2. The maximum absolute atomic E-state index is 12.8. The molecule has 0 bridgehead atoms. The summed E-state index contributed by atoms with van der Waals surface area (Å²) in [5.41, 5.74) is 1.73. The number of carbonyl (C=O) groups excluding carboxylic acids is 1. The molecule has 0 radical (unpaired) electrons. The van der Waals surface area contributed by atoms with Crippen LogP contribution in [0.3, 0.4) is 0 Å². The summed E-state index contributed by atoms with van der Waals surface area (Å²) in [5.74, 6) is 1.22. The Morgan fingerprint density at radius 3 is 2.00 bits per heavy atom. The standard InChI is InChI=1S/C31H38N2O6/c1-3-4-5-6-9-20-38-30-11-8-7-10-29(30)31(34)39-28-18-14-26(15-19-28)33-32-25-12-16-27(17-13-25)37-24-23-36-22-21-35-2/h7-8,10-19H,3-6,9,20-24H2,1-2H3. The molecule has 0 heterocycles. The van der Waals surface area contributed by atoms with Crippen molar-refractivity contribution in [3.05, 3.63) is 78.4 Å². The minimum absolute atomic E-state index is 0.404. The first-order valence-corrected chi connectivity index (χ1v) is 13.4. The van der Waals surface area contributed by atoms with Gasteiger partial charge in [-0.15, -0.1) is 0 Å². The quantitative estimate of drug-likeness (QED) is 0.0719. The van der Waals surface area contributed by atoms with Crippen molar-refractivity contribution in [3.8, 4) is 17.2 Å². The molecule has 8 nitrogen and oxygen atoms in total. The third-order valence-electron chi connectivity index (χ3n) is 5.71. The first kappa shape index (κ1) is 29.8. The van der Waals surface area contributed by atoms with Gasteiger partial charge >= 0.3 is 5.97 Å². The van der Waals surface area contributed by atoms with Crippen molar-refractivity contribution in [1.82, 2.24) is 0 Å². The molecule has 39 heavy (non-hydrogen) atoms. The SMILES string of the molecule is CCCCCCCOc1ccccc1C(=O)Oc1ccc(N=Nc2ccc(OCCOCCOC)cc2)cc1. The molecule has 0 unspecified atom stereocenters. The second-order valence-electron chi connectivity index (χ2n) is 8.79. The Balaban J connectivity index is 1.46. The molecule has 0 atom stereocenters. The molecule has 0 N–H and O–H groups in total. The van der Waals surface area contributed by atoms with Crippen LogP contribution in [0, 0.1) is 0 Å². The maximum atomic E-state index is 12.8. The van der Waals surface area contributed by atoms with Gasteiger partial charge in [0.05, 0.1) is 37.8 Å². The highest BCUT2D eigenvalue weighted by Crippen LogP contribution is 2.25. The van der Waals surface area contributed by atoms with Gasteiger partial charge in [-0.25, -0.2) is 4.79 Å². The third kappa shape index (κ3) is 11.3. The number of esters is 1. The van der Waals surface area contributed by atoms with Crippen LogP contribution in [0.4, 0.5) is 11.4 Å². The number of methoxy groups -OCH3 is 1. The van der Waals surface area contributed by atoms with Crippen LogP contribution in [0.15, 0.2) is 83.0 Å². The summed E-state index contributed by atoms with van der Waals surface area (Å²) in [4.78, 5) is 12.8. The number of benzene rings is 3. The molecular weight excluding hydrogens is 496 g/mol. The highest BCUT2D eigenvalue weighted by Gasteiger charge is 2.14. The van der Waals surface area contributed by atoms with E-state index in [0.29, 0.717) is 61.5 Å². The van der Waals surface area contributed by atoms with Crippen molar-refractivity contribution in [2.75, 3.05) is 40.1 Å². The van der Waals surface area contributed by atoms with Crippen LogP contribution in [0.1, 0.15) is 49.4 Å². The van der Waals surface area contributed by atoms with E-state index in [2.05, 4.69) is 17.2 Å². The van der Waals surface area contributed by atoms with Crippen LogP contribution in [-0.2, 0) is 9.47 Å². The van der Waals surface area contributed by atoms with E-state index in [1.54, 1.807) is 49.6 Å². The molecule has 3 rings (SSSR count). The molecule has 0 amide bonds. The van der Waals surface area contributed by atoms with Crippen LogP contribution < -0.4 is 14.2 Å². The van der Waals surface area contributed by atoms with E-state index in [9.17, 15) is 4.79 Å². The summed E-state index contributed by atoms with van der Waals surface area (Å²) in [6, 6.07) is 21.3. The van der Waals surface area contributed by atoms with E-state index in [-0.39, 0.29) is 0 Å². The molecule has 0 aliphatic heterocycles. The van der Waals surface area contributed by atoms with Crippen LogP contribution in [0.2, 0.25) is 0 Å². The Labute approximate surface area is 230 Å². The van der Waals surface area contributed by atoms with Gasteiger partial charge < -0.3 is 23.7 Å². The summed E-state index contributed by atoms with van der Waals surface area (Å²) in [6.45, 7) is 4.84. The number of para-hydroxylation sites is 1. The molecular formula is C31H38N2O6. The fourth-order valence-electron chi connectivity index (χ4n) is 3.58. The Hall–Kier alpha value is -3.75. The Kier molecular flexibility index (Phi) is 13.5. The number of ether oxygens (including phenoxy) is 5. The summed E-state index contributed by atoms with van der Waals surface area (Å²) >= 11 is 0. The van der Waals surface area contributed by atoms with Gasteiger partial charge in [-0.3, -0.25) is 0 Å². The summed E-state index contributed by atoms with van der Waals surface area (Å²) in [6.07, 6.45) is 5.72. The van der Waals surface area contributed by atoms with Crippen molar-refractivity contribution >= 4 is 17.3 Å². The smallest absolute Gasteiger partial charge is 0.347 e. The number of hydrogen-bond donors (Lipinski definition) is 0. The maximum Gasteiger partial charge on any atom is 0.347 e. The molecule has 0 aromatic heterocycles. The first-order valence-electron chi connectivity index (χ1n) is 13.4. The number of nitrogens with zero attached hydrogens (tertiary/aromatic N) is 2. The van der Waals surface area contributed by atoms with E-state index in [4.69, 9.17) is 23.7 Å². The second kappa shape index (κ2) is 17.7. The van der Waals surface area contributed by atoms with Crippen molar-refractivity contribution in [3.63, 3.8) is 0 Å². The van der Waals surface area contributed by atoms with Gasteiger partial charge in [0.15, 0.2) is 0 Å². The fraction of sp³-hybridized carbons (Fsp3) is 0.387. The van der Waals surface area contributed by atoms with E-state index in [1.165, 1.54) is 19.3 Å². The lowest BCUT2D eigenvalue weighted by molar-refractivity contribution is 0.0544. The van der Waals surface area contributed by atoms with E-state index >= 15 is 0 Å². The molecule has 0 aliphatic rings. The highest BCUT2D eigenvalue weighted by atomic mass is 16.5. The van der Waals surface area contributed by atoms with Gasteiger partial charge in [-0.2, -0.15) is 10.2 Å². The lowest BCUT2D eigenvalue weighted by Crippen LogP contribution is -2.11. The molecule has 0 fully saturated rings. The zero-order valence-corrected chi connectivity index (χ0v) is 22.8. The average molecular weight is 535 g/mol. The lowest BCUT2D eigenvalue weighted by atomic mass is 10.1. The minimum Gasteiger partial charge on any atom is -0.493 e. The van der Waals surface area contributed by atoms with Crippen LogP contribution in [0.25, 0.3) is 0 Å². The van der Waals surface area contributed by atoms with Crippen LogP contribution in [0.5, 0.6) is 17.2 Å². The topological polar surface area (TPSA) is 87.9 Å². The zero-order chi connectivity index (χ0) is 27.5. The molecule has 208 valence electrons. The summed E-state index contributed by atoms with van der Waals surface area (Å²) in [5, 5.41) is 8.51. The number of azo groups is 1. The minimum atomic E-state index is -0.463. The third-order valence-corrected chi connectivity index (χ3v) is 5.71. The Morgan fingerprint density at radius 1 is 0.667 bits per heavy atom. The van der Waals surface area contributed by atoms with Gasteiger partial charge in [0.25, 0.3) is 0 Å².